The van der Waals surface area contributed by atoms with Crippen LogP contribution < -0.4 is 5.32 Å². The molecule has 2 rings (SSSR count). The van der Waals surface area contributed by atoms with E-state index >= 15 is 0 Å². The highest BCUT2D eigenvalue weighted by Gasteiger charge is 2.22. The van der Waals surface area contributed by atoms with Gasteiger partial charge in [0.1, 0.15) is 0 Å². The minimum Gasteiger partial charge on any atom is -0.381 e. The van der Waals surface area contributed by atoms with Crippen LogP contribution in [0.25, 0.3) is 0 Å². The van der Waals surface area contributed by atoms with Crippen molar-refractivity contribution < 1.29 is 9.47 Å². The fourth-order valence-corrected chi connectivity index (χ4v) is 3.76. The van der Waals surface area contributed by atoms with E-state index < -0.39 is 0 Å². The van der Waals surface area contributed by atoms with Crippen molar-refractivity contribution in [2.75, 3.05) is 13.7 Å². The highest BCUT2D eigenvalue weighted by molar-refractivity contribution is 7.12. The number of aryl methyl sites for hydroxylation is 1. The van der Waals surface area contributed by atoms with Crippen LogP contribution in [0.15, 0.2) is 6.07 Å². The topological polar surface area (TPSA) is 30.5 Å². The molecule has 1 aliphatic carbocycles. The van der Waals surface area contributed by atoms with Gasteiger partial charge in [-0.3, -0.25) is 0 Å². The standard InChI is InChI=1S/C16H27NO2S/c1-4-17-10-16-8-13(12(2)20-16)11-19-15-7-5-6-14(9-15)18-3/h8,14-15,17H,4-7,9-11H2,1-3H3. The monoisotopic (exact) mass is 297 g/mol. The Balaban J connectivity index is 1.82. The molecule has 1 aromatic rings. The number of ether oxygens (including phenoxy) is 2. The van der Waals surface area contributed by atoms with Crippen LogP contribution >= 0.6 is 11.3 Å². The molecule has 0 aliphatic heterocycles. The van der Waals surface area contributed by atoms with Gasteiger partial charge in [-0.1, -0.05) is 6.92 Å². The van der Waals surface area contributed by atoms with E-state index in [2.05, 4.69) is 25.2 Å². The van der Waals surface area contributed by atoms with E-state index in [-0.39, 0.29) is 0 Å². The number of nitrogens with one attached hydrogen (secondary N) is 1. The lowest BCUT2D eigenvalue weighted by atomic mass is 9.95. The maximum absolute atomic E-state index is 6.11. The molecule has 4 heteroatoms. The maximum Gasteiger partial charge on any atom is 0.0731 e. The first-order valence-corrected chi connectivity index (χ1v) is 8.47. The van der Waals surface area contributed by atoms with E-state index in [0.717, 1.165) is 26.1 Å². The third-order valence-electron chi connectivity index (χ3n) is 4.01. The molecule has 0 saturated heterocycles. The van der Waals surface area contributed by atoms with Crippen molar-refractivity contribution >= 4 is 11.3 Å². The average Bonchev–Trinajstić information content (AvgIpc) is 2.83. The predicted octanol–water partition coefficient (Wildman–Crippen LogP) is 3.64. The van der Waals surface area contributed by atoms with Gasteiger partial charge in [0.05, 0.1) is 18.8 Å². The van der Waals surface area contributed by atoms with Crippen molar-refractivity contribution in [3.63, 3.8) is 0 Å². The highest BCUT2D eigenvalue weighted by atomic mass is 32.1. The van der Waals surface area contributed by atoms with Gasteiger partial charge in [-0.25, -0.2) is 0 Å². The van der Waals surface area contributed by atoms with Gasteiger partial charge < -0.3 is 14.8 Å². The SMILES string of the molecule is CCNCc1cc(COC2CCCC(OC)C2)c(C)s1. The molecule has 2 unspecified atom stereocenters. The Bertz CT molecular complexity index is 405. The molecule has 0 aromatic carbocycles. The lowest BCUT2D eigenvalue weighted by molar-refractivity contribution is -0.0363. The van der Waals surface area contributed by atoms with Crippen LogP contribution in [-0.4, -0.2) is 25.9 Å². The van der Waals surface area contributed by atoms with Crippen LogP contribution in [0.2, 0.25) is 0 Å². The van der Waals surface area contributed by atoms with Gasteiger partial charge in [0.15, 0.2) is 0 Å². The molecule has 1 aliphatic rings. The average molecular weight is 297 g/mol. The molecule has 1 heterocycles. The molecule has 20 heavy (non-hydrogen) atoms. The zero-order chi connectivity index (χ0) is 14.4. The lowest BCUT2D eigenvalue weighted by Crippen LogP contribution is -2.27. The minimum absolute atomic E-state index is 0.366. The number of hydrogen-bond donors (Lipinski definition) is 1. The smallest absolute Gasteiger partial charge is 0.0731 e. The molecule has 0 spiro atoms. The summed E-state index contributed by atoms with van der Waals surface area (Å²) in [6, 6.07) is 2.29. The largest absolute Gasteiger partial charge is 0.381 e. The second-order valence-corrected chi connectivity index (χ2v) is 6.87. The quantitative estimate of drug-likeness (QED) is 0.833. The van der Waals surface area contributed by atoms with E-state index in [4.69, 9.17) is 9.47 Å². The molecule has 0 radical (unpaired) electrons. The molecular formula is C16H27NO2S. The summed E-state index contributed by atoms with van der Waals surface area (Å²) in [5.41, 5.74) is 1.35. The summed E-state index contributed by atoms with van der Waals surface area (Å²) in [5, 5.41) is 3.38. The molecule has 1 N–H and O–H groups in total. The van der Waals surface area contributed by atoms with Crippen molar-refractivity contribution in [1.29, 1.82) is 0 Å². The summed E-state index contributed by atoms with van der Waals surface area (Å²) in [4.78, 5) is 2.79. The van der Waals surface area contributed by atoms with Crippen LogP contribution in [0.3, 0.4) is 0 Å². The van der Waals surface area contributed by atoms with Crippen molar-refractivity contribution in [1.82, 2.24) is 5.32 Å². The Morgan fingerprint density at radius 2 is 2.15 bits per heavy atom. The van der Waals surface area contributed by atoms with Crippen LogP contribution in [0, 0.1) is 6.92 Å². The van der Waals surface area contributed by atoms with E-state index in [1.54, 1.807) is 0 Å². The summed E-state index contributed by atoms with van der Waals surface area (Å²) >= 11 is 1.88. The minimum atomic E-state index is 0.366. The van der Waals surface area contributed by atoms with Crippen LogP contribution in [0.1, 0.15) is 47.9 Å². The summed E-state index contributed by atoms with van der Waals surface area (Å²) in [6.07, 6.45) is 5.38. The number of rotatable bonds is 7. The fraction of sp³-hybridized carbons (Fsp3) is 0.750. The Kier molecular flexibility index (Phi) is 6.49. The third-order valence-corrected chi connectivity index (χ3v) is 5.10. The van der Waals surface area contributed by atoms with E-state index in [9.17, 15) is 0 Å². The third kappa shape index (κ3) is 4.55. The summed E-state index contributed by atoms with van der Waals surface area (Å²) in [6.45, 7) is 7.06. The second kappa shape index (κ2) is 8.13. The Hall–Kier alpha value is -0.420. The predicted molar refractivity (Wildman–Crippen MR) is 84.3 cm³/mol. The Morgan fingerprint density at radius 1 is 1.35 bits per heavy atom. The molecule has 0 amide bonds. The molecule has 1 saturated carbocycles. The van der Waals surface area contributed by atoms with Gasteiger partial charge in [-0.2, -0.15) is 0 Å². The number of thiophene rings is 1. The van der Waals surface area contributed by atoms with Crippen LogP contribution in [-0.2, 0) is 22.6 Å². The lowest BCUT2D eigenvalue weighted by Gasteiger charge is -2.28. The van der Waals surface area contributed by atoms with Gasteiger partial charge in [0.25, 0.3) is 0 Å². The van der Waals surface area contributed by atoms with Crippen LogP contribution in [0.4, 0.5) is 0 Å². The van der Waals surface area contributed by atoms with Crippen molar-refractivity contribution in [3.8, 4) is 0 Å². The van der Waals surface area contributed by atoms with E-state index in [1.807, 2.05) is 18.4 Å². The molecule has 3 nitrogen and oxygen atoms in total. The van der Waals surface area contributed by atoms with E-state index in [0.29, 0.717) is 12.2 Å². The first-order valence-electron chi connectivity index (χ1n) is 7.66. The molecule has 1 aromatic heterocycles. The first-order chi connectivity index (χ1) is 9.72. The normalized spacial score (nSPS) is 23.1. The summed E-state index contributed by atoms with van der Waals surface area (Å²) in [5.74, 6) is 0. The highest BCUT2D eigenvalue weighted by Crippen LogP contribution is 2.26. The molecule has 1 fully saturated rings. The van der Waals surface area contributed by atoms with Gasteiger partial charge in [-0.15, -0.1) is 11.3 Å². The molecule has 114 valence electrons. The van der Waals surface area contributed by atoms with Gasteiger partial charge >= 0.3 is 0 Å². The zero-order valence-corrected chi connectivity index (χ0v) is 13.7. The zero-order valence-electron chi connectivity index (χ0n) is 12.9. The van der Waals surface area contributed by atoms with Gasteiger partial charge in [-0.05, 0) is 50.8 Å². The Morgan fingerprint density at radius 3 is 2.90 bits per heavy atom. The summed E-state index contributed by atoms with van der Waals surface area (Å²) in [7, 11) is 1.81. The fourth-order valence-electron chi connectivity index (χ4n) is 2.74. The molecular weight excluding hydrogens is 270 g/mol. The first kappa shape index (κ1) is 16.0. The molecule has 2 atom stereocenters. The molecule has 0 bridgehead atoms. The number of hydrogen-bond acceptors (Lipinski definition) is 4. The maximum atomic E-state index is 6.11. The summed E-state index contributed by atoms with van der Waals surface area (Å²) < 4.78 is 11.6. The van der Waals surface area contributed by atoms with Crippen molar-refractivity contribution in [3.05, 3.63) is 21.4 Å². The number of methoxy groups -OCH3 is 1. The van der Waals surface area contributed by atoms with Crippen LogP contribution in [0.5, 0.6) is 0 Å². The van der Waals surface area contributed by atoms with E-state index in [1.165, 1.54) is 34.6 Å². The Labute approximate surface area is 126 Å². The van der Waals surface area contributed by atoms with Crippen molar-refractivity contribution in [2.24, 2.45) is 0 Å². The van der Waals surface area contributed by atoms with Crippen molar-refractivity contribution in [2.45, 2.75) is 64.9 Å². The second-order valence-electron chi connectivity index (χ2n) is 5.53. The van der Waals surface area contributed by atoms with Gasteiger partial charge in [0.2, 0.25) is 0 Å². The van der Waals surface area contributed by atoms with Gasteiger partial charge in [0, 0.05) is 23.4 Å².